The van der Waals surface area contributed by atoms with Gasteiger partial charge in [-0.1, -0.05) is 0 Å². The summed E-state index contributed by atoms with van der Waals surface area (Å²) in [5.74, 6) is -0.345. The molecule has 5 heteroatoms. The van der Waals surface area contributed by atoms with Gasteiger partial charge < -0.3 is 10.5 Å². The topological polar surface area (TPSA) is 72.5 Å². The lowest BCUT2D eigenvalue weighted by atomic mass is 10.7. The molecule has 0 unspecified atom stereocenters. The fraction of sp³-hybridized carbons (Fsp3) is 0.750. The van der Waals surface area contributed by atoms with Crippen molar-refractivity contribution in [3.63, 3.8) is 0 Å². The maximum Gasteiger partial charge on any atom is 0.319 e. The van der Waals surface area contributed by atoms with Gasteiger partial charge in [0.15, 0.2) is 0 Å². The number of carbonyl (C=O) groups excluding carboxylic acids is 1. The minimum atomic E-state index is -0.345. The molecule has 0 bridgehead atoms. The summed E-state index contributed by atoms with van der Waals surface area (Å²) < 4.78 is 10.9. The van der Waals surface area contributed by atoms with Crippen LogP contribution in [0.5, 0.6) is 0 Å². The highest BCUT2D eigenvalue weighted by molar-refractivity contribution is 6.04. The Morgan fingerprint density at radius 1 is 1.78 bits per heavy atom. The first-order valence-electron chi connectivity index (χ1n) is 2.33. The van der Waals surface area contributed by atoms with E-state index in [2.05, 4.69) is 16.6 Å². The molecule has 4 nitrogen and oxygen atoms in total. The first kappa shape index (κ1) is 11.5. The van der Waals surface area contributed by atoms with Crippen molar-refractivity contribution in [2.75, 3.05) is 13.2 Å². The predicted octanol–water partition coefficient (Wildman–Crippen LogP) is -0.359. The molecule has 0 saturated heterocycles. The van der Waals surface area contributed by atoms with Crippen LogP contribution in [0.25, 0.3) is 0 Å². The molecule has 0 radical (unpaired) electrons. The lowest BCUT2D eigenvalue weighted by molar-refractivity contribution is -0.141. The van der Waals surface area contributed by atoms with Crippen molar-refractivity contribution in [1.82, 2.24) is 0 Å². The van der Waals surface area contributed by atoms with Crippen molar-refractivity contribution in [2.45, 2.75) is 6.92 Å². The third-order valence-corrected chi connectivity index (χ3v) is 0.472. The molecule has 0 aromatic heterocycles. The molecular weight excluding hydrogens is 146 g/mol. The number of rotatable bonds is 2. The number of carbonyl (C=O) groups is 1. The van der Waals surface area contributed by atoms with Crippen LogP contribution in [0.2, 0.25) is 0 Å². The van der Waals surface area contributed by atoms with Gasteiger partial charge in [0.25, 0.3) is 0 Å². The van der Waals surface area contributed by atoms with E-state index in [4.69, 9.17) is 10.4 Å². The molecule has 0 amide bonds. The van der Waals surface area contributed by atoms with Crippen LogP contribution >= 0.6 is 11.9 Å². The van der Waals surface area contributed by atoms with E-state index in [0.717, 1.165) is 0 Å². The third kappa shape index (κ3) is 11.3. The highest BCUT2D eigenvalue weighted by atomic mass is 35.5. The second kappa shape index (κ2) is 10.6. The van der Waals surface area contributed by atoms with E-state index >= 15 is 0 Å². The van der Waals surface area contributed by atoms with Gasteiger partial charge in [-0.15, -0.1) is 0 Å². The van der Waals surface area contributed by atoms with Gasteiger partial charge in [0.1, 0.15) is 0 Å². The summed E-state index contributed by atoms with van der Waals surface area (Å²) in [4.78, 5) is 10.1. The molecule has 0 aromatic rings. The Labute approximate surface area is 58.7 Å². The smallest absolute Gasteiger partial charge is 0.319 e. The van der Waals surface area contributed by atoms with Gasteiger partial charge in [-0.3, -0.25) is 9.45 Å². The Morgan fingerprint density at radius 2 is 2.22 bits per heavy atom. The lowest BCUT2D eigenvalue weighted by Gasteiger charge is -1.93. The van der Waals surface area contributed by atoms with Gasteiger partial charge >= 0.3 is 5.97 Å². The maximum absolute atomic E-state index is 10.1. The Kier molecular flexibility index (Phi) is 13.5. The summed E-state index contributed by atoms with van der Waals surface area (Å²) in [6.07, 6.45) is 0. The van der Waals surface area contributed by atoms with E-state index in [1.54, 1.807) is 6.92 Å². The molecule has 0 rings (SSSR count). The van der Waals surface area contributed by atoms with Crippen LogP contribution in [0.1, 0.15) is 6.92 Å². The highest BCUT2D eigenvalue weighted by Gasteiger charge is 1.91. The highest BCUT2D eigenvalue weighted by Crippen LogP contribution is 1.69. The van der Waals surface area contributed by atoms with E-state index in [-0.39, 0.29) is 12.5 Å². The molecule has 9 heavy (non-hydrogen) atoms. The zero-order valence-electron chi connectivity index (χ0n) is 5.13. The van der Waals surface area contributed by atoms with Gasteiger partial charge in [0.2, 0.25) is 0 Å². The van der Waals surface area contributed by atoms with Gasteiger partial charge in [0.05, 0.1) is 25.0 Å². The molecule has 0 fully saturated rings. The second-order valence-electron chi connectivity index (χ2n) is 1.01. The first-order chi connectivity index (χ1) is 4.31. The fourth-order valence-electron chi connectivity index (χ4n) is 0.220. The quantitative estimate of drug-likeness (QED) is 0.535. The minimum Gasteiger partial charge on any atom is -0.465 e. The molecule has 0 heterocycles. The summed E-state index contributed by atoms with van der Waals surface area (Å²) in [5.41, 5.74) is 4.88. The third-order valence-electron chi connectivity index (χ3n) is 0.472. The van der Waals surface area contributed by atoms with E-state index in [9.17, 15) is 4.79 Å². The first-order valence-corrected chi connectivity index (χ1v) is 2.67. The van der Waals surface area contributed by atoms with Crippen molar-refractivity contribution < 1.29 is 14.2 Å². The average Bonchev–Trinajstić information content (AvgIpc) is 1.93. The monoisotopic (exact) mass is 155 g/mol. The molecular formula is C4H10ClNO3. The van der Waals surface area contributed by atoms with Crippen LogP contribution < -0.4 is 5.73 Å². The number of nitrogens with two attached hydrogens (primary N) is 1. The van der Waals surface area contributed by atoms with Crippen molar-refractivity contribution in [2.24, 2.45) is 5.73 Å². The summed E-state index contributed by atoms with van der Waals surface area (Å²) in [5, 5.41) is 0. The van der Waals surface area contributed by atoms with E-state index in [0.29, 0.717) is 6.61 Å². The molecule has 0 saturated carbocycles. The molecule has 0 spiro atoms. The van der Waals surface area contributed by atoms with Gasteiger partial charge in [-0.05, 0) is 6.92 Å². The van der Waals surface area contributed by atoms with Crippen LogP contribution in [0.3, 0.4) is 0 Å². The minimum absolute atomic E-state index is 0.0200. The Hall–Kier alpha value is -0.320. The SMILES string of the molecule is CCOC(=O)CN.OCl. The lowest BCUT2D eigenvalue weighted by Crippen LogP contribution is -2.16. The zero-order chi connectivity index (χ0) is 7.70. The van der Waals surface area contributed by atoms with Crippen molar-refractivity contribution >= 4 is 17.8 Å². The van der Waals surface area contributed by atoms with Gasteiger partial charge in [0, 0.05) is 0 Å². The zero-order valence-corrected chi connectivity index (χ0v) is 5.89. The Morgan fingerprint density at radius 3 is 2.33 bits per heavy atom. The number of halogens is 1. The summed E-state index contributed by atoms with van der Waals surface area (Å²) >= 11 is 3.64. The Bertz CT molecular complexity index is 68.8. The van der Waals surface area contributed by atoms with Crippen LogP contribution in [0.4, 0.5) is 0 Å². The maximum atomic E-state index is 10.1. The average molecular weight is 156 g/mol. The normalized spacial score (nSPS) is 7.11. The molecule has 3 N–H and O–H groups in total. The number of hydrogen-bond acceptors (Lipinski definition) is 4. The molecule has 0 aromatic carbocycles. The van der Waals surface area contributed by atoms with Crippen LogP contribution in [-0.2, 0) is 9.53 Å². The summed E-state index contributed by atoms with van der Waals surface area (Å²) in [6.45, 7) is 2.14. The van der Waals surface area contributed by atoms with Crippen LogP contribution in [0, 0.1) is 0 Å². The number of ether oxygens (including phenoxy) is 1. The molecule has 0 aliphatic rings. The largest absolute Gasteiger partial charge is 0.465 e. The van der Waals surface area contributed by atoms with Gasteiger partial charge in [-0.2, -0.15) is 0 Å². The van der Waals surface area contributed by atoms with E-state index in [1.165, 1.54) is 0 Å². The van der Waals surface area contributed by atoms with Crippen LogP contribution in [-0.4, -0.2) is 23.8 Å². The standard InChI is InChI=1S/C4H9NO2.ClHO/c1-2-7-4(6)3-5;1-2/h2-3,5H2,1H3;2H. The fourth-order valence-corrected chi connectivity index (χ4v) is 0.220. The van der Waals surface area contributed by atoms with Crippen molar-refractivity contribution in [3.8, 4) is 0 Å². The molecule has 0 aliphatic carbocycles. The van der Waals surface area contributed by atoms with Crippen molar-refractivity contribution in [3.05, 3.63) is 0 Å². The number of hydrogen-bond donors (Lipinski definition) is 2. The van der Waals surface area contributed by atoms with Gasteiger partial charge in [-0.25, -0.2) is 0 Å². The summed E-state index contributed by atoms with van der Waals surface area (Å²) in [6, 6.07) is 0. The molecule has 56 valence electrons. The number of esters is 1. The molecule has 0 atom stereocenters. The van der Waals surface area contributed by atoms with E-state index < -0.39 is 0 Å². The Balaban J connectivity index is 0. The molecule has 0 aliphatic heterocycles. The second-order valence-corrected chi connectivity index (χ2v) is 1.01. The summed E-state index contributed by atoms with van der Waals surface area (Å²) in [7, 11) is 0. The predicted molar refractivity (Wildman–Crippen MR) is 33.8 cm³/mol. The van der Waals surface area contributed by atoms with Crippen molar-refractivity contribution in [1.29, 1.82) is 0 Å². The van der Waals surface area contributed by atoms with E-state index in [1.807, 2.05) is 0 Å². The van der Waals surface area contributed by atoms with Crippen LogP contribution in [0.15, 0.2) is 0 Å².